The molecule has 0 unspecified atom stereocenters. The second-order valence-corrected chi connectivity index (χ2v) is 14.4. The number of benzene rings is 2. The van der Waals surface area contributed by atoms with Gasteiger partial charge in [-0.3, -0.25) is 18.8 Å². The first-order valence-corrected chi connectivity index (χ1v) is 18.9. The van der Waals surface area contributed by atoms with E-state index < -0.39 is 0 Å². The number of thioether (sulfide) groups is 1. The zero-order valence-electron chi connectivity index (χ0n) is 28.0. The van der Waals surface area contributed by atoms with E-state index in [0.717, 1.165) is 56.9 Å². The molecule has 10 nitrogen and oxygen atoms in total. The van der Waals surface area contributed by atoms with Crippen molar-refractivity contribution in [2.24, 2.45) is 0 Å². The first kappa shape index (κ1) is 35.2. The third kappa shape index (κ3) is 7.68. The number of fused-ring (bicyclic) bond motifs is 1. The van der Waals surface area contributed by atoms with Crippen molar-refractivity contribution >= 4 is 52.4 Å². The minimum atomic E-state index is -0.153. The molecule has 5 heterocycles. The molecule has 0 bridgehead atoms. The highest BCUT2D eigenvalue weighted by molar-refractivity contribution is 7.98. The van der Waals surface area contributed by atoms with Crippen LogP contribution in [0.4, 0.5) is 0 Å². The summed E-state index contributed by atoms with van der Waals surface area (Å²) in [5.74, 6) is 0.177. The van der Waals surface area contributed by atoms with Gasteiger partial charge in [-0.1, -0.05) is 65.7 Å². The maximum atomic E-state index is 13.3. The summed E-state index contributed by atoms with van der Waals surface area (Å²) in [6.45, 7) is 2.31. The molecule has 2 aliphatic rings. The first-order valence-electron chi connectivity index (χ1n) is 16.9. The molecule has 7 rings (SSSR count). The van der Waals surface area contributed by atoms with Crippen molar-refractivity contribution < 1.29 is 9.59 Å². The number of hydrogen-bond acceptors (Lipinski definition) is 8. The molecule has 5 aromatic rings. The Bertz CT molecular complexity index is 2190. The Labute approximate surface area is 309 Å². The summed E-state index contributed by atoms with van der Waals surface area (Å²) in [7, 11) is 0. The van der Waals surface area contributed by atoms with Gasteiger partial charge in [0.15, 0.2) is 0 Å². The van der Waals surface area contributed by atoms with Gasteiger partial charge >= 0.3 is 0 Å². The van der Waals surface area contributed by atoms with Gasteiger partial charge < -0.3 is 21.3 Å². The highest BCUT2D eigenvalue weighted by Crippen LogP contribution is 2.42. The monoisotopic (exact) mass is 741 g/mol. The number of pyridine rings is 2. The van der Waals surface area contributed by atoms with Crippen molar-refractivity contribution in [3.05, 3.63) is 105 Å². The van der Waals surface area contributed by atoms with Crippen LogP contribution in [0.25, 0.3) is 39.2 Å². The molecule has 2 amide bonds. The minimum Gasteiger partial charge on any atom is -0.352 e. The molecule has 2 saturated heterocycles. The van der Waals surface area contributed by atoms with Gasteiger partial charge in [0.05, 0.1) is 15.7 Å². The maximum absolute atomic E-state index is 13.3. The van der Waals surface area contributed by atoms with Gasteiger partial charge in [0, 0.05) is 91.3 Å². The Morgan fingerprint density at radius 3 is 2.04 bits per heavy atom. The Kier molecular flexibility index (Phi) is 10.7. The van der Waals surface area contributed by atoms with Crippen LogP contribution in [0.2, 0.25) is 10.0 Å². The number of nitrogens with one attached hydrogen (secondary N) is 4. The molecule has 262 valence electrons. The van der Waals surface area contributed by atoms with Gasteiger partial charge in [-0.2, -0.15) is 0 Å². The smallest absolute Gasteiger partial charge is 0.262 e. The number of halogens is 2. The molecular weight excluding hydrogens is 705 g/mol. The van der Waals surface area contributed by atoms with Crippen LogP contribution in [0.5, 0.6) is 0 Å². The highest BCUT2D eigenvalue weighted by atomic mass is 35.5. The predicted molar refractivity (Wildman–Crippen MR) is 203 cm³/mol. The van der Waals surface area contributed by atoms with Gasteiger partial charge in [0.1, 0.15) is 10.7 Å². The summed E-state index contributed by atoms with van der Waals surface area (Å²) < 4.78 is 1.53. The second-order valence-electron chi connectivity index (χ2n) is 12.8. The van der Waals surface area contributed by atoms with Gasteiger partial charge in [-0.05, 0) is 48.4 Å². The van der Waals surface area contributed by atoms with Crippen molar-refractivity contribution in [3.63, 3.8) is 0 Å². The molecule has 4 N–H and O–H groups in total. The number of aromatic nitrogens is 3. The van der Waals surface area contributed by atoms with Crippen LogP contribution in [-0.4, -0.2) is 57.6 Å². The highest BCUT2D eigenvalue weighted by Gasteiger charge is 2.22. The Morgan fingerprint density at radius 2 is 1.41 bits per heavy atom. The van der Waals surface area contributed by atoms with E-state index >= 15 is 0 Å². The van der Waals surface area contributed by atoms with E-state index in [9.17, 15) is 14.4 Å². The number of carbonyl (C=O) groups is 2. The van der Waals surface area contributed by atoms with Crippen LogP contribution >= 0.6 is 35.0 Å². The lowest BCUT2D eigenvalue weighted by atomic mass is 9.97. The van der Waals surface area contributed by atoms with E-state index in [0.29, 0.717) is 60.3 Å². The van der Waals surface area contributed by atoms with Gasteiger partial charge in [0.25, 0.3) is 5.56 Å². The van der Waals surface area contributed by atoms with Crippen LogP contribution in [-0.2, 0) is 22.7 Å². The van der Waals surface area contributed by atoms with Gasteiger partial charge in [-0.25, -0.2) is 9.97 Å². The second kappa shape index (κ2) is 15.5. The van der Waals surface area contributed by atoms with Crippen molar-refractivity contribution in [1.29, 1.82) is 0 Å². The number of rotatable bonds is 12. The average Bonchev–Trinajstić information content (AvgIpc) is 3.76. The van der Waals surface area contributed by atoms with E-state index in [4.69, 9.17) is 28.2 Å². The molecular formula is C38H37Cl2N7O3S. The molecule has 2 aromatic carbocycles. The maximum Gasteiger partial charge on any atom is 0.262 e. The summed E-state index contributed by atoms with van der Waals surface area (Å²) in [5, 5.41) is 14.6. The fraction of sp³-hybridized carbons (Fsp3) is 0.289. The van der Waals surface area contributed by atoms with E-state index in [-0.39, 0.29) is 29.5 Å². The fourth-order valence-electron chi connectivity index (χ4n) is 6.66. The topological polar surface area (TPSA) is 130 Å². The summed E-state index contributed by atoms with van der Waals surface area (Å²) in [4.78, 5) is 45.8. The van der Waals surface area contributed by atoms with Crippen LogP contribution in [0.3, 0.4) is 0 Å². The largest absolute Gasteiger partial charge is 0.352 e. The first-order chi connectivity index (χ1) is 24.8. The molecule has 0 aliphatic carbocycles. The Balaban J connectivity index is 1.10. The lowest BCUT2D eigenvalue weighted by Gasteiger charge is -2.16. The minimum absolute atomic E-state index is 0.0642. The molecule has 3 aromatic heterocycles. The number of amides is 2. The Morgan fingerprint density at radius 1 is 0.804 bits per heavy atom. The van der Waals surface area contributed by atoms with E-state index in [1.165, 1.54) is 4.40 Å². The average molecular weight is 743 g/mol. The van der Waals surface area contributed by atoms with Crippen molar-refractivity contribution in [2.45, 2.75) is 55.9 Å². The summed E-state index contributed by atoms with van der Waals surface area (Å²) >= 11 is 15.8. The number of carbonyl (C=O) groups excluding carboxylic acids is 2. The van der Waals surface area contributed by atoms with Gasteiger partial charge in [-0.15, -0.1) is 11.8 Å². The van der Waals surface area contributed by atoms with Crippen molar-refractivity contribution in [1.82, 2.24) is 35.6 Å². The Hall–Kier alpha value is -4.26. The lowest BCUT2D eigenvalue weighted by Crippen LogP contribution is -2.36. The van der Waals surface area contributed by atoms with Crippen LogP contribution in [0, 0.1) is 0 Å². The quantitative estimate of drug-likeness (QED) is 0.117. The molecule has 0 saturated carbocycles. The molecule has 51 heavy (non-hydrogen) atoms. The summed E-state index contributed by atoms with van der Waals surface area (Å²) in [6.07, 6.45) is 8.09. The van der Waals surface area contributed by atoms with Gasteiger partial charge in [0.2, 0.25) is 11.8 Å². The standard InChI is InChI=1S/C38H37Cl2N7O3S/c1-51-37-23(17-41-20-25-9-12-33(48)44-25)8-11-31(46-37)30-7-3-6-29(36(30)40)28-5-2-4-27(35(28)39)22-14-15-47-32(16-22)43-19-24(38(47)50)18-42-21-26-10-13-34(49)45-26/h2-8,11,14-16,19,25-26,41-42H,9-10,12-13,17-18,20-21H2,1H3,(H,44,48)(H,45,49)/t25-,26+/m0/s1. The SMILES string of the molecule is CSc1nc(-c2cccc(-c3cccc(-c4ccn5c(=O)c(CNC[C@H]6CCC(=O)N6)cnc5c4)c3Cl)c2Cl)ccc1CNC[C@@H]1CCC(=O)N1. The summed E-state index contributed by atoms with van der Waals surface area (Å²) in [5.41, 5.74) is 6.68. The molecule has 13 heteroatoms. The molecule has 0 spiro atoms. The zero-order chi connectivity index (χ0) is 35.5. The number of hydrogen-bond donors (Lipinski definition) is 4. The normalized spacial score (nSPS) is 17.2. The predicted octanol–water partition coefficient (Wildman–Crippen LogP) is 5.86. The number of nitrogens with zero attached hydrogens (tertiary/aromatic N) is 3. The summed E-state index contributed by atoms with van der Waals surface area (Å²) in [6, 6.07) is 19.7. The third-order valence-corrected chi connectivity index (χ3v) is 10.9. The fourth-order valence-corrected chi connectivity index (χ4v) is 7.91. The van der Waals surface area contributed by atoms with Crippen LogP contribution in [0.15, 0.2) is 82.9 Å². The molecule has 2 atom stereocenters. The van der Waals surface area contributed by atoms with E-state index in [1.54, 1.807) is 24.2 Å². The zero-order valence-corrected chi connectivity index (χ0v) is 30.3. The van der Waals surface area contributed by atoms with Crippen LogP contribution in [0.1, 0.15) is 36.8 Å². The van der Waals surface area contributed by atoms with Crippen LogP contribution < -0.4 is 26.8 Å². The third-order valence-electron chi connectivity index (χ3n) is 9.37. The lowest BCUT2D eigenvalue weighted by molar-refractivity contribution is -0.120. The van der Waals surface area contributed by atoms with E-state index in [2.05, 4.69) is 32.3 Å². The molecule has 2 aliphatic heterocycles. The van der Waals surface area contributed by atoms with Crippen molar-refractivity contribution in [3.8, 4) is 33.5 Å². The molecule has 2 fully saturated rings. The van der Waals surface area contributed by atoms with Crippen molar-refractivity contribution in [2.75, 3.05) is 19.3 Å². The molecule has 0 radical (unpaired) electrons. The van der Waals surface area contributed by atoms with E-state index in [1.807, 2.05) is 60.9 Å².